The summed E-state index contributed by atoms with van der Waals surface area (Å²) in [5.74, 6) is -0.117. The Hall–Kier alpha value is -0.870. The Morgan fingerprint density at radius 1 is 1.05 bits per heavy atom. The van der Waals surface area contributed by atoms with Crippen LogP contribution >= 0.6 is 7.82 Å². The number of phosphoric ester groups is 1. The highest BCUT2D eigenvalue weighted by Crippen LogP contribution is 2.36. The highest BCUT2D eigenvalue weighted by molar-refractivity contribution is 7.46. The van der Waals surface area contributed by atoms with Gasteiger partial charge in [0.1, 0.15) is 12.4 Å². The van der Waals surface area contributed by atoms with Gasteiger partial charge in [-0.2, -0.15) is 0 Å². The summed E-state index contributed by atoms with van der Waals surface area (Å²) in [4.78, 5) is 17.1. The molecule has 0 atom stereocenters. The lowest BCUT2D eigenvalue weighted by Gasteiger charge is -2.07. The molecule has 6 heteroatoms. The quantitative estimate of drug-likeness (QED) is 0.333. The molecular formula is C15H27O5P. The highest BCUT2D eigenvalue weighted by Gasteiger charge is 2.15. The zero-order valence-corrected chi connectivity index (χ0v) is 14.2. The largest absolute Gasteiger partial charge is 0.510 e. The van der Waals surface area contributed by atoms with Gasteiger partial charge in [0.15, 0.2) is 0 Å². The summed E-state index contributed by atoms with van der Waals surface area (Å²) in [5.41, 5.74) is 3.29. The fourth-order valence-electron chi connectivity index (χ4n) is 1.64. The third kappa shape index (κ3) is 12.6. The Kier molecular flexibility index (Phi) is 9.54. The fourth-order valence-corrected chi connectivity index (χ4v) is 1.93. The molecule has 0 aliphatic rings. The van der Waals surface area contributed by atoms with Gasteiger partial charge < -0.3 is 14.9 Å². The van der Waals surface area contributed by atoms with Crippen molar-refractivity contribution in [2.45, 2.75) is 53.4 Å². The van der Waals surface area contributed by atoms with Crippen LogP contribution < -0.4 is 0 Å². The van der Waals surface area contributed by atoms with Crippen LogP contribution in [0.15, 0.2) is 34.6 Å². The van der Waals surface area contributed by atoms with Gasteiger partial charge in [-0.1, -0.05) is 23.3 Å². The van der Waals surface area contributed by atoms with Crippen molar-refractivity contribution >= 4 is 7.82 Å². The molecule has 0 amide bonds. The van der Waals surface area contributed by atoms with Crippen LogP contribution in [-0.4, -0.2) is 21.5 Å². The highest BCUT2D eigenvalue weighted by atomic mass is 31.2. The van der Waals surface area contributed by atoms with Crippen LogP contribution in [0.1, 0.15) is 53.4 Å². The predicted octanol–water partition coefficient (Wildman–Crippen LogP) is 4.40. The standard InChI is InChI=1S/C15H27O5P/c1-12(2)7-5-8-13(3)9-6-10-14(4)15(16)11-20-21(17,18)19/h7,9,16H,5-6,8,10-11H2,1-4H3,(H2,17,18,19). The maximum absolute atomic E-state index is 10.5. The van der Waals surface area contributed by atoms with Gasteiger partial charge in [0.2, 0.25) is 0 Å². The molecule has 0 rings (SSSR count). The Morgan fingerprint density at radius 3 is 2.14 bits per heavy atom. The minimum Gasteiger partial charge on any atom is -0.510 e. The molecule has 3 N–H and O–H groups in total. The van der Waals surface area contributed by atoms with Gasteiger partial charge in [-0.25, -0.2) is 4.57 Å². The molecule has 21 heavy (non-hydrogen) atoms. The number of hydrogen-bond donors (Lipinski definition) is 3. The van der Waals surface area contributed by atoms with Gasteiger partial charge in [0.25, 0.3) is 0 Å². The van der Waals surface area contributed by atoms with Gasteiger partial charge in [-0.3, -0.25) is 4.52 Å². The zero-order chi connectivity index (χ0) is 16.5. The summed E-state index contributed by atoms with van der Waals surface area (Å²) in [6, 6.07) is 0. The molecular weight excluding hydrogens is 291 g/mol. The van der Waals surface area contributed by atoms with Crippen molar-refractivity contribution in [2.75, 3.05) is 6.61 Å². The summed E-state index contributed by atoms with van der Waals surface area (Å²) >= 11 is 0. The van der Waals surface area contributed by atoms with E-state index in [1.54, 1.807) is 6.92 Å². The van der Waals surface area contributed by atoms with Gasteiger partial charge >= 0.3 is 7.82 Å². The Balaban J connectivity index is 4.19. The van der Waals surface area contributed by atoms with Crippen LogP contribution in [0.3, 0.4) is 0 Å². The van der Waals surface area contributed by atoms with Crippen molar-refractivity contribution in [1.82, 2.24) is 0 Å². The third-order valence-electron chi connectivity index (χ3n) is 2.97. The second kappa shape index (κ2) is 9.96. The van der Waals surface area contributed by atoms with Crippen molar-refractivity contribution in [3.8, 4) is 0 Å². The Bertz CT molecular complexity index is 453. The van der Waals surface area contributed by atoms with E-state index in [0.29, 0.717) is 12.0 Å². The lowest BCUT2D eigenvalue weighted by atomic mass is 10.1. The second-order valence-electron chi connectivity index (χ2n) is 5.40. The molecule has 0 bridgehead atoms. The van der Waals surface area contributed by atoms with E-state index in [-0.39, 0.29) is 5.76 Å². The van der Waals surface area contributed by atoms with E-state index in [1.165, 1.54) is 11.1 Å². The maximum Gasteiger partial charge on any atom is 0.470 e. The van der Waals surface area contributed by atoms with Crippen molar-refractivity contribution in [3.63, 3.8) is 0 Å². The molecule has 0 radical (unpaired) electrons. The Labute approximate surface area is 127 Å². The summed E-state index contributed by atoms with van der Waals surface area (Å²) in [5, 5.41) is 9.63. The van der Waals surface area contributed by atoms with Crippen molar-refractivity contribution in [2.24, 2.45) is 0 Å². The number of aliphatic hydroxyl groups excluding tert-OH is 1. The molecule has 122 valence electrons. The summed E-state index contributed by atoms with van der Waals surface area (Å²) in [6.07, 6.45) is 7.79. The smallest absolute Gasteiger partial charge is 0.470 e. The number of rotatable bonds is 9. The van der Waals surface area contributed by atoms with E-state index in [0.717, 1.165) is 19.3 Å². The van der Waals surface area contributed by atoms with Crippen LogP contribution in [0.5, 0.6) is 0 Å². The van der Waals surface area contributed by atoms with E-state index in [1.807, 2.05) is 0 Å². The van der Waals surface area contributed by atoms with Crippen LogP contribution in [0.25, 0.3) is 0 Å². The molecule has 0 aromatic rings. The first-order valence-electron chi connectivity index (χ1n) is 6.98. The third-order valence-corrected chi connectivity index (χ3v) is 3.43. The normalized spacial score (nSPS) is 13.9. The average molecular weight is 318 g/mol. The summed E-state index contributed by atoms with van der Waals surface area (Å²) in [6.45, 7) is 7.50. The molecule has 0 saturated heterocycles. The second-order valence-corrected chi connectivity index (χ2v) is 6.64. The minimum atomic E-state index is -4.53. The SMILES string of the molecule is CC(C)=CCCC(C)=CCCC(C)=C(O)COP(=O)(O)O. The number of hydrogen-bond acceptors (Lipinski definition) is 3. The van der Waals surface area contributed by atoms with Crippen molar-refractivity contribution in [3.05, 3.63) is 34.6 Å². The fraction of sp³-hybridized carbons (Fsp3) is 0.600. The van der Waals surface area contributed by atoms with Gasteiger partial charge in [-0.05, 0) is 59.0 Å². The number of allylic oxidation sites excluding steroid dienone is 5. The summed E-state index contributed by atoms with van der Waals surface area (Å²) < 4.78 is 14.8. The first kappa shape index (κ1) is 20.1. The maximum atomic E-state index is 10.5. The van der Waals surface area contributed by atoms with E-state index >= 15 is 0 Å². The van der Waals surface area contributed by atoms with E-state index in [2.05, 4.69) is 37.4 Å². The van der Waals surface area contributed by atoms with Gasteiger partial charge in [0, 0.05) is 0 Å². The number of aliphatic hydroxyl groups is 1. The monoisotopic (exact) mass is 318 g/mol. The first-order chi connectivity index (χ1) is 9.61. The van der Waals surface area contributed by atoms with E-state index < -0.39 is 14.4 Å². The van der Waals surface area contributed by atoms with Crippen LogP contribution in [0, 0.1) is 0 Å². The molecule has 0 aliphatic carbocycles. The van der Waals surface area contributed by atoms with Crippen LogP contribution in [0.2, 0.25) is 0 Å². The number of phosphoric acid groups is 1. The lowest BCUT2D eigenvalue weighted by molar-refractivity contribution is 0.185. The molecule has 5 nitrogen and oxygen atoms in total. The van der Waals surface area contributed by atoms with Crippen molar-refractivity contribution in [1.29, 1.82) is 0 Å². The van der Waals surface area contributed by atoms with Gasteiger partial charge in [0.05, 0.1) is 0 Å². The molecule has 0 saturated carbocycles. The molecule has 0 unspecified atom stereocenters. The minimum absolute atomic E-state index is 0.117. The lowest BCUT2D eigenvalue weighted by Crippen LogP contribution is -1.99. The van der Waals surface area contributed by atoms with Crippen LogP contribution in [0.4, 0.5) is 0 Å². The van der Waals surface area contributed by atoms with Crippen molar-refractivity contribution < 1.29 is 24.0 Å². The molecule has 0 fully saturated rings. The molecule has 0 aromatic carbocycles. The topological polar surface area (TPSA) is 87.0 Å². The molecule has 0 spiro atoms. The van der Waals surface area contributed by atoms with E-state index in [9.17, 15) is 9.67 Å². The van der Waals surface area contributed by atoms with Gasteiger partial charge in [-0.15, -0.1) is 0 Å². The van der Waals surface area contributed by atoms with Crippen LogP contribution in [-0.2, 0) is 9.09 Å². The van der Waals surface area contributed by atoms with E-state index in [4.69, 9.17) is 9.79 Å². The predicted molar refractivity (Wildman–Crippen MR) is 85.0 cm³/mol. The molecule has 0 aromatic heterocycles. The first-order valence-corrected chi connectivity index (χ1v) is 8.51. The Morgan fingerprint density at radius 2 is 1.62 bits per heavy atom. The zero-order valence-electron chi connectivity index (χ0n) is 13.3. The average Bonchev–Trinajstić information content (AvgIpc) is 2.34. The molecule has 0 heterocycles. The molecule has 0 aliphatic heterocycles. The summed E-state index contributed by atoms with van der Waals surface area (Å²) in [7, 11) is -4.53.